The summed E-state index contributed by atoms with van der Waals surface area (Å²) in [5.74, 6) is 0. The van der Waals surface area contributed by atoms with Crippen LogP contribution in [-0.2, 0) is 6.18 Å². The van der Waals surface area contributed by atoms with E-state index >= 15 is 0 Å². The summed E-state index contributed by atoms with van der Waals surface area (Å²) >= 11 is 5.62. The Labute approximate surface area is 96.7 Å². The molecule has 0 spiro atoms. The van der Waals surface area contributed by atoms with Crippen molar-refractivity contribution in [3.8, 4) is 0 Å². The highest BCUT2D eigenvalue weighted by Gasteiger charge is 2.31. The van der Waals surface area contributed by atoms with Crippen molar-refractivity contribution in [2.75, 3.05) is 0 Å². The van der Waals surface area contributed by atoms with Crippen molar-refractivity contribution in [3.63, 3.8) is 0 Å². The summed E-state index contributed by atoms with van der Waals surface area (Å²) in [6, 6.07) is 2.81. The zero-order valence-corrected chi connectivity index (χ0v) is 9.15. The minimum absolute atomic E-state index is 0.0318. The number of hydrogen-bond acceptors (Lipinski definition) is 1. The second kappa shape index (κ2) is 4.89. The van der Waals surface area contributed by atoms with E-state index < -0.39 is 17.8 Å². The Morgan fingerprint density at radius 3 is 2.50 bits per heavy atom. The van der Waals surface area contributed by atoms with E-state index in [9.17, 15) is 13.2 Å². The van der Waals surface area contributed by atoms with E-state index in [0.717, 1.165) is 12.1 Å². The number of hydrogen-bond donors (Lipinski definition) is 1. The SMILES string of the molecule is C=CC[C@@H](N)c1cc(Cl)cc(C(F)(F)F)c1. The maximum Gasteiger partial charge on any atom is 0.416 e. The van der Waals surface area contributed by atoms with Gasteiger partial charge in [0.15, 0.2) is 0 Å². The van der Waals surface area contributed by atoms with Crippen LogP contribution in [0.1, 0.15) is 23.6 Å². The summed E-state index contributed by atoms with van der Waals surface area (Å²) in [6.45, 7) is 3.48. The first-order valence-electron chi connectivity index (χ1n) is 4.58. The van der Waals surface area contributed by atoms with Crippen molar-refractivity contribution in [1.29, 1.82) is 0 Å². The molecular weight excluding hydrogens is 239 g/mol. The molecule has 1 atom stereocenters. The highest BCUT2D eigenvalue weighted by molar-refractivity contribution is 6.30. The van der Waals surface area contributed by atoms with Gasteiger partial charge in [-0.05, 0) is 30.2 Å². The number of benzene rings is 1. The first kappa shape index (κ1) is 13.1. The lowest BCUT2D eigenvalue weighted by atomic mass is 10.0. The summed E-state index contributed by atoms with van der Waals surface area (Å²) in [6.07, 6.45) is -2.45. The van der Waals surface area contributed by atoms with E-state index in [1.54, 1.807) is 6.08 Å². The van der Waals surface area contributed by atoms with E-state index in [1.807, 2.05) is 0 Å². The maximum atomic E-state index is 12.5. The van der Waals surface area contributed by atoms with Crippen molar-refractivity contribution < 1.29 is 13.2 Å². The molecule has 1 aromatic rings. The van der Waals surface area contributed by atoms with Gasteiger partial charge >= 0.3 is 6.18 Å². The number of nitrogens with two attached hydrogens (primary N) is 1. The van der Waals surface area contributed by atoms with Gasteiger partial charge in [-0.3, -0.25) is 0 Å². The molecule has 0 radical (unpaired) electrons. The molecule has 1 aromatic carbocycles. The van der Waals surface area contributed by atoms with E-state index in [-0.39, 0.29) is 5.02 Å². The van der Waals surface area contributed by atoms with Gasteiger partial charge in [0.1, 0.15) is 0 Å². The third kappa shape index (κ3) is 3.25. The maximum absolute atomic E-state index is 12.5. The summed E-state index contributed by atoms with van der Waals surface area (Å²) in [5.41, 5.74) is 5.27. The van der Waals surface area contributed by atoms with Gasteiger partial charge in [0.2, 0.25) is 0 Å². The molecule has 1 nitrogen and oxygen atoms in total. The molecule has 2 N–H and O–H groups in total. The minimum Gasteiger partial charge on any atom is -0.324 e. The number of rotatable bonds is 3. The lowest BCUT2D eigenvalue weighted by Crippen LogP contribution is -2.12. The van der Waals surface area contributed by atoms with Crippen LogP contribution in [0.15, 0.2) is 30.9 Å². The van der Waals surface area contributed by atoms with Crippen LogP contribution in [0.3, 0.4) is 0 Å². The van der Waals surface area contributed by atoms with E-state index in [0.29, 0.717) is 12.0 Å². The summed E-state index contributed by atoms with van der Waals surface area (Å²) in [7, 11) is 0. The van der Waals surface area contributed by atoms with Gasteiger partial charge in [-0.25, -0.2) is 0 Å². The van der Waals surface area contributed by atoms with Crippen LogP contribution in [0, 0.1) is 0 Å². The second-order valence-electron chi connectivity index (χ2n) is 3.40. The van der Waals surface area contributed by atoms with Crippen LogP contribution in [0.4, 0.5) is 13.2 Å². The molecule has 1 rings (SSSR count). The quantitative estimate of drug-likeness (QED) is 0.807. The molecular formula is C11H11ClF3N. The predicted molar refractivity (Wildman–Crippen MR) is 58.2 cm³/mol. The third-order valence-electron chi connectivity index (χ3n) is 2.10. The van der Waals surface area contributed by atoms with E-state index in [2.05, 4.69) is 6.58 Å². The average molecular weight is 250 g/mol. The van der Waals surface area contributed by atoms with E-state index in [1.165, 1.54) is 6.07 Å². The molecule has 0 fully saturated rings. The van der Waals surface area contributed by atoms with Crippen LogP contribution in [0.5, 0.6) is 0 Å². The van der Waals surface area contributed by atoms with Gasteiger partial charge in [-0.2, -0.15) is 13.2 Å². The van der Waals surface area contributed by atoms with Crippen molar-refractivity contribution in [2.45, 2.75) is 18.6 Å². The van der Waals surface area contributed by atoms with Gasteiger partial charge in [-0.1, -0.05) is 17.7 Å². The Hall–Kier alpha value is -1.00. The fraction of sp³-hybridized carbons (Fsp3) is 0.273. The Kier molecular flexibility index (Phi) is 3.99. The Morgan fingerprint density at radius 2 is 2.00 bits per heavy atom. The highest BCUT2D eigenvalue weighted by Crippen LogP contribution is 2.33. The molecule has 0 aromatic heterocycles. The molecule has 16 heavy (non-hydrogen) atoms. The highest BCUT2D eigenvalue weighted by atomic mass is 35.5. The summed E-state index contributed by atoms with van der Waals surface area (Å²) < 4.78 is 37.4. The third-order valence-corrected chi connectivity index (χ3v) is 2.31. The molecule has 0 aliphatic carbocycles. The lowest BCUT2D eigenvalue weighted by molar-refractivity contribution is -0.137. The summed E-state index contributed by atoms with van der Waals surface area (Å²) in [4.78, 5) is 0. The molecule has 0 saturated carbocycles. The smallest absolute Gasteiger partial charge is 0.324 e. The standard InChI is InChI=1S/C11H11ClF3N/c1-2-3-10(16)7-4-8(11(13,14)15)6-9(12)5-7/h2,4-6,10H,1,3,16H2/t10-/m1/s1. The number of halogens is 4. The Balaban J connectivity index is 3.12. The van der Waals surface area contributed by atoms with Gasteiger partial charge in [0.25, 0.3) is 0 Å². The summed E-state index contributed by atoms with van der Waals surface area (Å²) in [5, 5.41) is 0.0318. The van der Waals surface area contributed by atoms with Crippen molar-refractivity contribution in [2.24, 2.45) is 5.73 Å². The van der Waals surface area contributed by atoms with E-state index in [4.69, 9.17) is 17.3 Å². The molecule has 88 valence electrons. The minimum atomic E-state index is -4.41. The number of alkyl halides is 3. The van der Waals surface area contributed by atoms with Gasteiger partial charge in [-0.15, -0.1) is 6.58 Å². The Morgan fingerprint density at radius 1 is 1.38 bits per heavy atom. The topological polar surface area (TPSA) is 26.0 Å². The van der Waals surface area contributed by atoms with Crippen LogP contribution in [0.25, 0.3) is 0 Å². The van der Waals surface area contributed by atoms with Crippen molar-refractivity contribution in [1.82, 2.24) is 0 Å². The fourth-order valence-electron chi connectivity index (χ4n) is 1.31. The van der Waals surface area contributed by atoms with Crippen LogP contribution < -0.4 is 5.73 Å². The van der Waals surface area contributed by atoms with Gasteiger partial charge in [0, 0.05) is 11.1 Å². The largest absolute Gasteiger partial charge is 0.416 e. The molecule has 0 heterocycles. The van der Waals surface area contributed by atoms with Crippen LogP contribution in [0.2, 0.25) is 5.02 Å². The van der Waals surface area contributed by atoms with Crippen LogP contribution in [-0.4, -0.2) is 0 Å². The monoisotopic (exact) mass is 249 g/mol. The zero-order chi connectivity index (χ0) is 12.3. The molecule has 0 bridgehead atoms. The second-order valence-corrected chi connectivity index (χ2v) is 3.84. The first-order valence-corrected chi connectivity index (χ1v) is 4.96. The fourth-order valence-corrected chi connectivity index (χ4v) is 1.55. The molecule has 0 amide bonds. The lowest BCUT2D eigenvalue weighted by Gasteiger charge is -2.13. The average Bonchev–Trinajstić information content (AvgIpc) is 2.16. The Bertz CT molecular complexity index is 387. The van der Waals surface area contributed by atoms with Crippen molar-refractivity contribution in [3.05, 3.63) is 47.0 Å². The normalized spacial score (nSPS) is 13.6. The molecule has 0 aliphatic rings. The molecule has 5 heteroatoms. The zero-order valence-electron chi connectivity index (χ0n) is 8.39. The molecule has 0 saturated heterocycles. The van der Waals surface area contributed by atoms with Gasteiger partial charge in [0.05, 0.1) is 5.56 Å². The molecule has 0 unspecified atom stereocenters. The first-order chi connectivity index (χ1) is 7.34. The van der Waals surface area contributed by atoms with Gasteiger partial charge < -0.3 is 5.73 Å². The van der Waals surface area contributed by atoms with Crippen molar-refractivity contribution >= 4 is 11.6 Å². The predicted octanol–water partition coefficient (Wildman–Crippen LogP) is 3.93. The van der Waals surface area contributed by atoms with Crippen LogP contribution >= 0.6 is 11.6 Å². The molecule has 0 aliphatic heterocycles.